The van der Waals surface area contributed by atoms with Crippen molar-refractivity contribution in [3.63, 3.8) is 0 Å². The van der Waals surface area contributed by atoms with Gasteiger partial charge in [0.15, 0.2) is 5.82 Å². The average Bonchev–Trinajstić information content (AvgIpc) is 3.32. The maximum atomic E-state index is 14.2. The van der Waals surface area contributed by atoms with Gasteiger partial charge in [0, 0.05) is 23.6 Å². The van der Waals surface area contributed by atoms with Crippen molar-refractivity contribution >= 4 is 52.4 Å². The Bertz CT molecular complexity index is 1990. The normalized spacial score (nSPS) is 11.8. The van der Waals surface area contributed by atoms with Gasteiger partial charge in [0.2, 0.25) is 0 Å². The average molecular weight is 774 g/mol. The van der Waals surface area contributed by atoms with Gasteiger partial charge in [-0.3, -0.25) is 14.9 Å². The summed E-state index contributed by atoms with van der Waals surface area (Å²) in [6.07, 6.45) is -4.69. The lowest BCUT2D eigenvalue weighted by Crippen LogP contribution is -2.25. The maximum absolute atomic E-state index is 14.2. The number of halogens is 9. The van der Waals surface area contributed by atoms with Gasteiger partial charge >= 0.3 is 30.4 Å². The van der Waals surface area contributed by atoms with Crippen molar-refractivity contribution in [1.82, 2.24) is 14.3 Å². The van der Waals surface area contributed by atoms with Crippen molar-refractivity contribution < 1.29 is 55.4 Å². The van der Waals surface area contributed by atoms with Crippen molar-refractivity contribution in [2.75, 3.05) is 6.61 Å². The third-order valence-corrected chi connectivity index (χ3v) is 7.32. The summed E-state index contributed by atoms with van der Waals surface area (Å²) < 4.78 is 88.4. The van der Waals surface area contributed by atoms with E-state index in [1.807, 2.05) is 0 Å². The highest BCUT2D eigenvalue weighted by Crippen LogP contribution is 2.37. The van der Waals surface area contributed by atoms with Crippen molar-refractivity contribution in [1.29, 1.82) is 0 Å². The van der Waals surface area contributed by atoms with Crippen LogP contribution >= 0.6 is 34.8 Å². The summed E-state index contributed by atoms with van der Waals surface area (Å²) in [6.45, 7) is -0.195. The minimum atomic E-state index is -4.58. The molecule has 268 valence electrons. The molecule has 0 aliphatic heterocycles. The number of hydrogen-bond donors (Lipinski definition) is 1. The highest BCUT2D eigenvalue weighted by atomic mass is 35.5. The fourth-order valence-electron chi connectivity index (χ4n) is 4.06. The summed E-state index contributed by atoms with van der Waals surface area (Å²) in [7, 11) is 0. The Morgan fingerprint density at radius 2 is 1.74 bits per heavy atom. The molecule has 0 bridgehead atoms. The van der Waals surface area contributed by atoms with Gasteiger partial charge in [0.25, 0.3) is 5.69 Å². The Balaban J connectivity index is 0.000000271. The van der Waals surface area contributed by atoms with Crippen LogP contribution in [0.25, 0.3) is 5.69 Å². The molecule has 1 heterocycles. The van der Waals surface area contributed by atoms with E-state index in [2.05, 4.69) is 5.10 Å². The molecular formula is C29H21Cl3F6N4O8. The summed E-state index contributed by atoms with van der Waals surface area (Å²) >= 11 is 17.6. The Labute approximate surface area is 291 Å². The number of alkyl halides is 6. The van der Waals surface area contributed by atoms with E-state index in [4.69, 9.17) is 49.4 Å². The number of carboxylic acids is 1. The number of hydrogen-bond acceptors (Lipinski definition) is 8. The number of esters is 1. The molecule has 3 aromatic carbocycles. The van der Waals surface area contributed by atoms with E-state index in [0.717, 1.165) is 42.5 Å². The van der Waals surface area contributed by atoms with E-state index in [1.165, 1.54) is 6.92 Å². The molecule has 0 amide bonds. The number of nitro benzene ring substituents is 1. The number of carbonyl (C=O) groups excluding carboxylic acids is 1. The van der Waals surface area contributed by atoms with Crippen LogP contribution in [0.2, 0.25) is 10.0 Å². The molecule has 0 saturated carbocycles. The van der Waals surface area contributed by atoms with Crippen LogP contribution in [0.4, 0.5) is 32.0 Å². The van der Waals surface area contributed by atoms with Gasteiger partial charge in [-0.15, -0.1) is 16.7 Å². The smallest absolute Gasteiger partial charge is 0.416 e. The van der Waals surface area contributed by atoms with Crippen LogP contribution < -0.4 is 10.4 Å². The van der Waals surface area contributed by atoms with Gasteiger partial charge in [0.05, 0.1) is 22.1 Å². The Kier molecular flexibility index (Phi) is 12.9. The summed E-state index contributed by atoms with van der Waals surface area (Å²) in [4.78, 5) is 44.6. The third-order valence-electron chi connectivity index (χ3n) is 6.34. The lowest BCUT2D eigenvalue weighted by atomic mass is 10.1. The molecule has 50 heavy (non-hydrogen) atoms. The first-order valence-electron chi connectivity index (χ1n) is 13.6. The number of benzene rings is 3. The molecule has 0 aliphatic rings. The second-order valence-electron chi connectivity index (χ2n) is 9.69. The fraction of sp³-hybridized carbons (Fsp3) is 0.241. The van der Waals surface area contributed by atoms with Crippen molar-refractivity contribution in [2.45, 2.75) is 38.4 Å². The topological polar surface area (TPSA) is 156 Å². The maximum Gasteiger partial charge on any atom is 0.416 e. The summed E-state index contributed by atoms with van der Waals surface area (Å²) in [6, 6.07) is 7.29. The molecule has 0 radical (unpaired) electrons. The molecule has 0 spiro atoms. The molecule has 4 rings (SSSR count). The Morgan fingerprint density at radius 3 is 2.26 bits per heavy atom. The minimum Gasteiger partial charge on any atom is -0.477 e. The first kappa shape index (κ1) is 39.6. The van der Waals surface area contributed by atoms with E-state index in [9.17, 15) is 50.8 Å². The van der Waals surface area contributed by atoms with E-state index < -0.39 is 63.3 Å². The quantitative estimate of drug-likeness (QED) is 0.0555. The van der Waals surface area contributed by atoms with Gasteiger partial charge in [-0.2, -0.15) is 26.6 Å². The van der Waals surface area contributed by atoms with E-state index >= 15 is 0 Å². The number of carboxylic acid groups (broad SMARTS) is 1. The molecule has 1 aromatic heterocycles. The zero-order valence-corrected chi connectivity index (χ0v) is 27.5. The van der Waals surface area contributed by atoms with Gasteiger partial charge in [-0.25, -0.2) is 18.5 Å². The Morgan fingerprint density at radius 1 is 1.08 bits per heavy atom. The van der Waals surface area contributed by atoms with E-state index in [0.29, 0.717) is 10.7 Å². The molecule has 21 heteroatoms. The first-order chi connectivity index (χ1) is 23.3. The molecule has 4 aromatic rings. The number of carbonyl (C=O) groups is 2. The minimum absolute atomic E-state index is 0.0424. The van der Waals surface area contributed by atoms with Crippen LogP contribution in [0, 0.1) is 22.9 Å². The number of aromatic nitrogens is 3. The molecule has 12 nitrogen and oxygen atoms in total. The van der Waals surface area contributed by atoms with Crippen LogP contribution in [0.5, 0.6) is 11.5 Å². The predicted molar refractivity (Wildman–Crippen MR) is 165 cm³/mol. The predicted octanol–water partition coefficient (Wildman–Crippen LogP) is 8.00. The lowest BCUT2D eigenvalue weighted by molar-refractivity contribution is -0.385. The molecule has 0 saturated heterocycles. The monoisotopic (exact) mass is 772 g/mol. The number of ether oxygens (including phenoxy) is 2. The molecule has 0 fully saturated rings. The van der Waals surface area contributed by atoms with Crippen LogP contribution in [-0.2, 0) is 22.1 Å². The zero-order valence-electron chi connectivity index (χ0n) is 25.2. The van der Waals surface area contributed by atoms with Crippen molar-refractivity contribution in [2.24, 2.45) is 0 Å². The number of nitrogens with zero attached hydrogens (tertiary/aromatic N) is 4. The highest BCUT2D eigenvalue weighted by molar-refractivity contribution is 6.32. The molecule has 1 atom stereocenters. The second-order valence-corrected chi connectivity index (χ2v) is 11.0. The summed E-state index contributed by atoms with van der Waals surface area (Å²) in [5, 5.41) is 21.9. The second kappa shape index (κ2) is 16.3. The third kappa shape index (κ3) is 9.45. The first-order valence-corrected chi connectivity index (χ1v) is 14.8. The standard InChI is InChI=1S/C15H14Cl2F3N3O3.C14H7ClF3NO5/c1-3-26-13(24)10(17)4-8-5-12(11(18)6-9(8)16)23-15(25)22(14(19)20)7(2)21-23;15-10-5-7(14(16,17)18)1-4-12(10)24-8-2-3-11(19(22)23)9(6-8)13(20)21/h5-6,10,14H,3-4H2,1-2H3;1-6H,(H,20,21). The van der Waals surface area contributed by atoms with Gasteiger partial charge < -0.3 is 14.6 Å². The molecule has 1 unspecified atom stereocenters. The number of rotatable bonds is 10. The molecular weight excluding hydrogens is 753 g/mol. The zero-order chi connectivity index (χ0) is 37.7. The van der Waals surface area contributed by atoms with Crippen molar-refractivity contribution in [3.8, 4) is 17.2 Å². The van der Waals surface area contributed by atoms with Gasteiger partial charge in [-0.05, 0) is 55.8 Å². The Hall–Kier alpha value is -4.81. The number of nitro groups is 1. The molecule has 1 N–H and O–H groups in total. The van der Waals surface area contributed by atoms with Gasteiger partial charge in [0.1, 0.15) is 34.0 Å². The van der Waals surface area contributed by atoms with Crippen LogP contribution in [-0.4, -0.2) is 48.3 Å². The largest absolute Gasteiger partial charge is 0.477 e. The van der Waals surface area contributed by atoms with Crippen molar-refractivity contribution in [3.05, 3.63) is 108 Å². The van der Waals surface area contributed by atoms with E-state index in [1.54, 1.807) is 6.92 Å². The van der Waals surface area contributed by atoms with E-state index in [-0.39, 0.29) is 56.2 Å². The lowest BCUT2D eigenvalue weighted by Gasteiger charge is -2.12. The fourth-order valence-corrected chi connectivity index (χ4v) is 4.74. The van der Waals surface area contributed by atoms with Gasteiger partial charge in [-0.1, -0.05) is 23.2 Å². The summed E-state index contributed by atoms with van der Waals surface area (Å²) in [5.41, 5.74) is -3.61. The number of aromatic carboxylic acids is 1. The SMILES string of the molecule is CCOC(=O)C(Cl)Cc1cc(-n2nc(C)n(C(F)F)c2=O)c(F)cc1Cl.O=C(O)c1cc(Oc2ccc(C(F)(F)F)cc2Cl)ccc1[N+](=O)[O-]. The molecule has 0 aliphatic carbocycles. The van der Waals surface area contributed by atoms with Crippen LogP contribution in [0.3, 0.4) is 0 Å². The highest BCUT2D eigenvalue weighted by Gasteiger charge is 2.31. The summed E-state index contributed by atoms with van der Waals surface area (Å²) in [5.74, 6) is -3.75. The number of aryl methyl sites for hydroxylation is 1. The van der Waals surface area contributed by atoms with Crippen LogP contribution in [0.1, 0.15) is 40.8 Å². The van der Waals surface area contributed by atoms with Crippen LogP contribution in [0.15, 0.2) is 53.3 Å².